The molecule has 0 bridgehead atoms. The molecular formula is C24H28ClN3O3. The Hall–Kier alpha value is -2.30. The summed E-state index contributed by atoms with van der Waals surface area (Å²) in [5.41, 5.74) is 1.55. The standard InChI is InChI=1S/C24H28ClN3O3/c1-24(2)23(29)22(20-15-17(16-26)3-8-21(20)31-24)28(19-6-4-18(25)5-7-19)10-9-27-11-13-30-14-12-27/h3-8,15,22-23,29H,9-14H2,1-2H3/t22?,23-/m1/s1. The van der Waals surface area contributed by atoms with Crippen LogP contribution in [-0.2, 0) is 4.74 Å². The number of nitrogens with zero attached hydrogens (tertiary/aromatic N) is 3. The van der Waals surface area contributed by atoms with Gasteiger partial charge in [0.1, 0.15) is 17.5 Å². The van der Waals surface area contributed by atoms with Crippen LogP contribution in [0.25, 0.3) is 0 Å². The summed E-state index contributed by atoms with van der Waals surface area (Å²) < 4.78 is 11.6. The number of anilines is 1. The third kappa shape index (κ3) is 4.65. The first-order valence-electron chi connectivity index (χ1n) is 10.6. The van der Waals surface area contributed by atoms with Crippen LogP contribution in [0.5, 0.6) is 5.75 Å². The lowest BCUT2D eigenvalue weighted by atomic mass is 9.84. The number of hydrogen-bond donors (Lipinski definition) is 1. The zero-order valence-electron chi connectivity index (χ0n) is 17.9. The first-order valence-corrected chi connectivity index (χ1v) is 11.0. The molecule has 1 N–H and O–H groups in total. The van der Waals surface area contributed by atoms with Gasteiger partial charge in [0.2, 0.25) is 0 Å². The zero-order valence-corrected chi connectivity index (χ0v) is 18.7. The Balaban J connectivity index is 1.74. The molecule has 1 saturated heterocycles. The van der Waals surface area contributed by atoms with Crippen LogP contribution < -0.4 is 9.64 Å². The first kappa shape index (κ1) is 21.9. The monoisotopic (exact) mass is 441 g/mol. The van der Waals surface area contributed by atoms with E-state index in [4.69, 9.17) is 21.1 Å². The molecule has 2 aromatic carbocycles. The number of morpholine rings is 1. The predicted octanol–water partition coefficient (Wildman–Crippen LogP) is 3.62. The second-order valence-corrected chi connectivity index (χ2v) is 9.02. The summed E-state index contributed by atoms with van der Waals surface area (Å²) >= 11 is 6.15. The molecule has 0 amide bonds. The number of aliphatic hydroxyl groups is 1. The third-order valence-corrected chi connectivity index (χ3v) is 6.35. The van der Waals surface area contributed by atoms with Crippen LogP contribution in [0.1, 0.15) is 31.0 Å². The highest BCUT2D eigenvalue weighted by atomic mass is 35.5. The summed E-state index contributed by atoms with van der Waals surface area (Å²) in [7, 11) is 0. The van der Waals surface area contributed by atoms with Gasteiger partial charge in [0.05, 0.1) is 30.9 Å². The van der Waals surface area contributed by atoms with E-state index in [0.717, 1.165) is 44.1 Å². The van der Waals surface area contributed by atoms with Gasteiger partial charge in [-0.3, -0.25) is 4.90 Å². The van der Waals surface area contributed by atoms with Crippen LogP contribution in [0, 0.1) is 11.3 Å². The molecule has 2 atom stereocenters. The van der Waals surface area contributed by atoms with Gasteiger partial charge in [-0.15, -0.1) is 0 Å². The van der Waals surface area contributed by atoms with Crippen LogP contribution in [0.4, 0.5) is 5.69 Å². The SMILES string of the molecule is CC1(C)Oc2ccc(C#N)cc2C(N(CCN2CCOCC2)c2ccc(Cl)cc2)[C@H]1O. The van der Waals surface area contributed by atoms with Crippen molar-refractivity contribution in [2.45, 2.75) is 31.6 Å². The molecule has 1 fully saturated rings. The minimum absolute atomic E-state index is 0.366. The number of fused-ring (bicyclic) bond motifs is 1. The molecule has 0 saturated carbocycles. The van der Waals surface area contributed by atoms with Gasteiger partial charge in [-0.25, -0.2) is 0 Å². The van der Waals surface area contributed by atoms with Crippen LogP contribution in [0.3, 0.4) is 0 Å². The Bertz CT molecular complexity index is 952. The van der Waals surface area contributed by atoms with E-state index in [2.05, 4.69) is 15.9 Å². The maximum absolute atomic E-state index is 11.4. The lowest BCUT2D eigenvalue weighted by molar-refractivity contribution is -0.0591. The number of halogens is 1. The summed E-state index contributed by atoms with van der Waals surface area (Å²) in [4.78, 5) is 4.58. The van der Waals surface area contributed by atoms with Gasteiger partial charge >= 0.3 is 0 Å². The molecule has 0 spiro atoms. The fraction of sp³-hybridized carbons (Fsp3) is 0.458. The quantitative estimate of drug-likeness (QED) is 0.764. The van der Waals surface area contributed by atoms with Gasteiger partial charge in [0.15, 0.2) is 0 Å². The highest BCUT2D eigenvalue weighted by Crippen LogP contribution is 2.44. The van der Waals surface area contributed by atoms with Crippen molar-refractivity contribution in [2.24, 2.45) is 0 Å². The fourth-order valence-electron chi connectivity index (χ4n) is 4.31. The number of ether oxygens (including phenoxy) is 2. The number of aliphatic hydroxyl groups excluding tert-OH is 1. The van der Waals surface area contributed by atoms with Gasteiger partial charge in [0.25, 0.3) is 0 Å². The van der Waals surface area contributed by atoms with Gasteiger partial charge in [-0.2, -0.15) is 5.26 Å². The predicted molar refractivity (Wildman–Crippen MR) is 121 cm³/mol. The molecule has 6 nitrogen and oxygen atoms in total. The molecule has 31 heavy (non-hydrogen) atoms. The Morgan fingerprint density at radius 3 is 2.58 bits per heavy atom. The molecule has 7 heteroatoms. The minimum atomic E-state index is -0.797. The number of hydrogen-bond acceptors (Lipinski definition) is 6. The topological polar surface area (TPSA) is 69.0 Å². The van der Waals surface area contributed by atoms with E-state index in [1.807, 2.05) is 50.2 Å². The van der Waals surface area contributed by atoms with E-state index >= 15 is 0 Å². The van der Waals surface area contributed by atoms with E-state index in [1.165, 1.54) is 0 Å². The van der Waals surface area contributed by atoms with E-state index in [0.29, 0.717) is 22.9 Å². The molecule has 1 unspecified atom stereocenters. The third-order valence-electron chi connectivity index (χ3n) is 6.10. The Kier molecular flexibility index (Phi) is 6.40. The van der Waals surface area contributed by atoms with Crippen molar-refractivity contribution in [2.75, 3.05) is 44.3 Å². The number of rotatable bonds is 5. The smallest absolute Gasteiger partial charge is 0.132 e. The molecule has 2 aliphatic heterocycles. The fourth-order valence-corrected chi connectivity index (χ4v) is 4.44. The van der Waals surface area contributed by atoms with Crippen LogP contribution in [0.15, 0.2) is 42.5 Å². The van der Waals surface area contributed by atoms with Crippen LogP contribution >= 0.6 is 11.6 Å². The van der Waals surface area contributed by atoms with E-state index in [-0.39, 0.29) is 6.04 Å². The minimum Gasteiger partial charge on any atom is -0.485 e. The maximum Gasteiger partial charge on any atom is 0.132 e. The van der Waals surface area contributed by atoms with E-state index in [1.54, 1.807) is 6.07 Å². The second kappa shape index (κ2) is 9.05. The van der Waals surface area contributed by atoms with Crippen molar-refractivity contribution in [1.29, 1.82) is 5.26 Å². The van der Waals surface area contributed by atoms with Crippen LogP contribution in [-0.4, -0.2) is 61.1 Å². The number of benzene rings is 2. The number of nitriles is 1. The summed E-state index contributed by atoms with van der Waals surface area (Å²) in [5.74, 6) is 0.699. The van der Waals surface area contributed by atoms with Gasteiger partial charge in [-0.05, 0) is 56.3 Å². The lowest BCUT2D eigenvalue weighted by Gasteiger charge is -2.47. The van der Waals surface area contributed by atoms with E-state index in [9.17, 15) is 10.4 Å². The second-order valence-electron chi connectivity index (χ2n) is 8.58. The summed E-state index contributed by atoms with van der Waals surface area (Å²) in [6.07, 6.45) is -0.797. The van der Waals surface area contributed by atoms with Gasteiger partial charge in [0, 0.05) is 42.5 Å². The Morgan fingerprint density at radius 1 is 1.19 bits per heavy atom. The normalized spacial score (nSPS) is 22.8. The molecule has 4 rings (SSSR count). The molecule has 0 aromatic heterocycles. The summed E-state index contributed by atoms with van der Waals surface area (Å²) in [5, 5.41) is 21.5. The molecule has 2 aromatic rings. The molecule has 0 radical (unpaired) electrons. The van der Waals surface area contributed by atoms with Crippen molar-refractivity contribution in [1.82, 2.24) is 4.90 Å². The molecule has 2 aliphatic rings. The molecule has 164 valence electrons. The average molecular weight is 442 g/mol. The Labute approximate surface area is 188 Å². The van der Waals surface area contributed by atoms with Crippen molar-refractivity contribution >= 4 is 17.3 Å². The van der Waals surface area contributed by atoms with Crippen LogP contribution in [0.2, 0.25) is 5.02 Å². The summed E-state index contributed by atoms with van der Waals surface area (Å²) in [6, 6.07) is 14.9. The maximum atomic E-state index is 11.4. The van der Waals surface area contributed by atoms with E-state index < -0.39 is 11.7 Å². The Morgan fingerprint density at radius 2 is 1.90 bits per heavy atom. The largest absolute Gasteiger partial charge is 0.485 e. The van der Waals surface area contributed by atoms with Crippen molar-refractivity contribution < 1.29 is 14.6 Å². The zero-order chi connectivity index (χ0) is 22.0. The van der Waals surface area contributed by atoms with Crippen molar-refractivity contribution in [3.05, 3.63) is 58.6 Å². The first-order chi connectivity index (χ1) is 14.9. The molecule has 0 aliphatic carbocycles. The molecular weight excluding hydrogens is 414 g/mol. The highest BCUT2D eigenvalue weighted by Gasteiger charge is 2.45. The molecule has 2 heterocycles. The van der Waals surface area contributed by atoms with Gasteiger partial charge in [-0.1, -0.05) is 11.6 Å². The lowest BCUT2D eigenvalue weighted by Crippen LogP contribution is -2.55. The van der Waals surface area contributed by atoms with Crippen molar-refractivity contribution in [3.63, 3.8) is 0 Å². The summed E-state index contributed by atoms with van der Waals surface area (Å²) in [6.45, 7) is 8.60. The highest BCUT2D eigenvalue weighted by molar-refractivity contribution is 6.30. The van der Waals surface area contributed by atoms with Gasteiger partial charge < -0.3 is 19.5 Å². The van der Waals surface area contributed by atoms with Crippen molar-refractivity contribution in [3.8, 4) is 11.8 Å². The average Bonchev–Trinajstić information content (AvgIpc) is 2.77.